The summed E-state index contributed by atoms with van der Waals surface area (Å²) in [4.78, 5) is 23.0. The van der Waals surface area contributed by atoms with Crippen molar-refractivity contribution < 1.29 is 27.5 Å². The number of carbonyl (C=O) groups is 2. The Labute approximate surface area is 140 Å². The van der Waals surface area contributed by atoms with Gasteiger partial charge in [0.1, 0.15) is 4.90 Å². The number of halogens is 1. The van der Waals surface area contributed by atoms with E-state index in [2.05, 4.69) is 0 Å². The van der Waals surface area contributed by atoms with Crippen LogP contribution in [0.5, 0.6) is 0 Å². The zero-order valence-electron chi connectivity index (χ0n) is 13.2. The fraction of sp³-hybridized carbons (Fsp3) is 0.429. The van der Waals surface area contributed by atoms with Crippen LogP contribution in [0.1, 0.15) is 24.2 Å². The lowest BCUT2D eigenvalue weighted by atomic mass is 10.2. The fourth-order valence-corrected chi connectivity index (χ4v) is 2.92. The quantitative estimate of drug-likeness (QED) is 0.714. The molecule has 0 heterocycles. The first-order valence-electron chi connectivity index (χ1n) is 6.64. The molecule has 9 heteroatoms. The van der Waals surface area contributed by atoms with Crippen LogP contribution in [-0.2, 0) is 24.3 Å². The van der Waals surface area contributed by atoms with Crippen LogP contribution in [0.2, 0.25) is 5.02 Å². The Hall–Kier alpha value is -1.64. The molecule has 0 N–H and O–H groups in total. The summed E-state index contributed by atoms with van der Waals surface area (Å²) in [6, 6.07) is 3.70. The van der Waals surface area contributed by atoms with Crippen molar-refractivity contribution in [2.75, 3.05) is 20.7 Å². The van der Waals surface area contributed by atoms with Gasteiger partial charge in [-0.3, -0.25) is 0 Å². The molecule has 1 aromatic rings. The molecule has 0 aliphatic carbocycles. The normalized spacial score (nSPS) is 11.6. The summed E-state index contributed by atoms with van der Waals surface area (Å²) in [6.07, 6.45) is -0.325. The lowest BCUT2D eigenvalue weighted by molar-refractivity contribution is -0.150. The van der Waals surface area contributed by atoms with Gasteiger partial charge in [-0.05, 0) is 32.0 Å². The highest BCUT2D eigenvalue weighted by molar-refractivity contribution is 7.89. The van der Waals surface area contributed by atoms with Crippen molar-refractivity contribution in [3.8, 4) is 0 Å². The molecule has 1 aromatic carbocycles. The zero-order valence-corrected chi connectivity index (χ0v) is 14.8. The number of esters is 2. The molecule has 0 atom stereocenters. The van der Waals surface area contributed by atoms with Gasteiger partial charge in [-0.15, -0.1) is 0 Å². The predicted molar refractivity (Wildman–Crippen MR) is 83.8 cm³/mol. The van der Waals surface area contributed by atoms with Crippen LogP contribution in [0, 0.1) is 0 Å². The van der Waals surface area contributed by atoms with Gasteiger partial charge in [0.2, 0.25) is 10.0 Å². The molecule has 0 aromatic heterocycles. The number of rotatable bonds is 6. The van der Waals surface area contributed by atoms with E-state index in [0.717, 1.165) is 10.4 Å². The van der Waals surface area contributed by atoms with Gasteiger partial charge in [-0.1, -0.05) is 11.6 Å². The summed E-state index contributed by atoms with van der Waals surface area (Å²) in [5.41, 5.74) is -0.0350. The van der Waals surface area contributed by atoms with Crippen LogP contribution in [0.15, 0.2) is 23.1 Å². The van der Waals surface area contributed by atoms with Crippen LogP contribution in [0.4, 0.5) is 0 Å². The van der Waals surface area contributed by atoms with Gasteiger partial charge in [0.15, 0.2) is 6.61 Å². The standard InChI is InChI=1S/C14H18ClNO6S/c1-9(2)22-13(17)8-21-14(18)10-5-6-11(15)12(7-10)23(19,20)16(3)4/h5-7,9H,8H2,1-4H3. The zero-order chi connectivity index (χ0) is 17.8. The summed E-state index contributed by atoms with van der Waals surface area (Å²) >= 11 is 5.88. The SMILES string of the molecule is CC(C)OC(=O)COC(=O)c1ccc(Cl)c(S(=O)(=O)N(C)C)c1. The van der Waals surface area contributed by atoms with E-state index < -0.39 is 28.6 Å². The van der Waals surface area contributed by atoms with Crippen molar-refractivity contribution in [3.05, 3.63) is 28.8 Å². The Morgan fingerprint density at radius 2 is 1.87 bits per heavy atom. The van der Waals surface area contributed by atoms with Crippen LogP contribution in [0.3, 0.4) is 0 Å². The number of sulfonamides is 1. The van der Waals surface area contributed by atoms with Crippen molar-refractivity contribution in [1.82, 2.24) is 4.31 Å². The first kappa shape index (κ1) is 19.4. The molecule has 7 nitrogen and oxygen atoms in total. The average Bonchev–Trinajstić information content (AvgIpc) is 2.44. The Morgan fingerprint density at radius 3 is 2.39 bits per heavy atom. The molecular formula is C14H18ClNO6S. The average molecular weight is 364 g/mol. The summed E-state index contributed by atoms with van der Waals surface area (Å²) in [7, 11) is -1.12. The van der Waals surface area contributed by atoms with Gasteiger partial charge < -0.3 is 9.47 Å². The second kappa shape index (κ2) is 7.76. The van der Waals surface area contributed by atoms with Crippen LogP contribution in [0.25, 0.3) is 0 Å². The van der Waals surface area contributed by atoms with Gasteiger partial charge in [0, 0.05) is 14.1 Å². The number of hydrogen-bond donors (Lipinski definition) is 0. The Balaban J connectivity index is 2.94. The third-order valence-corrected chi connectivity index (χ3v) is 4.91. The second-order valence-corrected chi connectivity index (χ2v) is 7.57. The summed E-state index contributed by atoms with van der Waals surface area (Å²) in [6.45, 7) is 2.77. The van der Waals surface area contributed by atoms with Crippen molar-refractivity contribution in [3.63, 3.8) is 0 Å². The number of carbonyl (C=O) groups excluding carboxylic acids is 2. The molecule has 0 spiro atoms. The van der Waals surface area contributed by atoms with Crippen LogP contribution < -0.4 is 0 Å². The molecule has 0 unspecified atom stereocenters. The maximum atomic E-state index is 12.1. The van der Waals surface area contributed by atoms with E-state index in [1.54, 1.807) is 13.8 Å². The van der Waals surface area contributed by atoms with E-state index in [1.807, 2.05) is 0 Å². The topological polar surface area (TPSA) is 90.0 Å². The first-order chi connectivity index (χ1) is 10.6. The van der Waals surface area contributed by atoms with E-state index in [0.29, 0.717) is 0 Å². The van der Waals surface area contributed by atoms with Crippen molar-refractivity contribution in [1.29, 1.82) is 0 Å². The molecule has 128 valence electrons. The molecule has 0 saturated heterocycles. The predicted octanol–water partition coefficient (Wildman–Crippen LogP) is 1.70. The molecule has 0 aliphatic rings. The fourth-order valence-electron chi connectivity index (χ4n) is 1.53. The van der Waals surface area contributed by atoms with E-state index >= 15 is 0 Å². The lowest BCUT2D eigenvalue weighted by Crippen LogP contribution is -2.23. The van der Waals surface area contributed by atoms with Crippen molar-refractivity contribution in [2.45, 2.75) is 24.8 Å². The molecule has 0 fully saturated rings. The third-order valence-electron chi connectivity index (χ3n) is 2.61. The highest BCUT2D eigenvalue weighted by Crippen LogP contribution is 2.25. The summed E-state index contributed by atoms with van der Waals surface area (Å²) in [5, 5.41) is -0.0190. The minimum absolute atomic E-state index is 0.0190. The number of ether oxygens (including phenoxy) is 2. The molecule has 0 bridgehead atoms. The number of benzene rings is 1. The smallest absolute Gasteiger partial charge is 0.344 e. The van der Waals surface area contributed by atoms with Gasteiger partial charge in [-0.25, -0.2) is 22.3 Å². The first-order valence-corrected chi connectivity index (χ1v) is 8.46. The van der Waals surface area contributed by atoms with Gasteiger partial charge in [0.05, 0.1) is 16.7 Å². The van der Waals surface area contributed by atoms with E-state index in [1.165, 1.54) is 26.2 Å². The highest BCUT2D eigenvalue weighted by Gasteiger charge is 2.23. The molecular weight excluding hydrogens is 346 g/mol. The largest absolute Gasteiger partial charge is 0.460 e. The van der Waals surface area contributed by atoms with Gasteiger partial charge >= 0.3 is 11.9 Å². The number of hydrogen-bond acceptors (Lipinski definition) is 6. The van der Waals surface area contributed by atoms with Gasteiger partial charge in [0.25, 0.3) is 0 Å². The van der Waals surface area contributed by atoms with Crippen LogP contribution in [-0.4, -0.2) is 51.5 Å². The van der Waals surface area contributed by atoms with Crippen molar-refractivity contribution in [2.24, 2.45) is 0 Å². The number of nitrogens with zero attached hydrogens (tertiary/aromatic N) is 1. The van der Waals surface area contributed by atoms with Crippen molar-refractivity contribution >= 4 is 33.6 Å². The van der Waals surface area contributed by atoms with Crippen LogP contribution >= 0.6 is 11.6 Å². The Bertz CT molecular complexity index is 699. The monoisotopic (exact) mass is 363 g/mol. The van der Waals surface area contributed by atoms with E-state index in [-0.39, 0.29) is 21.6 Å². The van der Waals surface area contributed by atoms with Gasteiger partial charge in [-0.2, -0.15) is 0 Å². The molecule has 0 amide bonds. The van der Waals surface area contributed by atoms with E-state index in [4.69, 9.17) is 21.1 Å². The molecule has 1 rings (SSSR count). The second-order valence-electron chi connectivity index (χ2n) is 5.05. The maximum absolute atomic E-state index is 12.1. The third kappa shape index (κ3) is 5.19. The molecule has 0 radical (unpaired) electrons. The molecule has 23 heavy (non-hydrogen) atoms. The molecule has 0 aliphatic heterocycles. The summed E-state index contributed by atoms with van der Waals surface area (Å²) in [5.74, 6) is -1.54. The Kier molecular flexibility index (Phi) is 6.55. The minimum atomic E-state index is -3.81. The minimum Gasteiger partial charge on any atom is -0.460 e. The lowest BCUT2D eigenvalue weighted by Gasteiger charge is -2.13. The van der Waals surface area contributed by atoms with E-state index in [9.17, 15) is 18.0 Å². The maximum Gasteiger partial charge on any atom is 0.344 e. The highest BCUT2D eigenvalue weighted by atomic mass is 35.5. The Morgan fingerprint density at radius 1 is 1.26 bits per heavy atom. The summed E-state index contributed by atoms with van der Waals surface area (Å²) < 4.78 is 34.9. The molecule has 0 saturated carbocycles.